The number of rotatable bonds is 6. The molecule has 7 nitrogen and oxygen atoms in total. The van der Waals surface area contributed by atoms with Gasteiger partial charge in [-0.3, -0.25) is 0 Å². The highest BCUT2D eigenvalue weighted by Crippen LogP contribution is 2.23. The summed E-state index contributed by atoms with van der Waals surface area (Å²) >= 11 is 0. The molecule has 30 heavy (non-hydrogen) atoms. The van der Waals surface area contributed by atoms with Crippen molar-refractivity contribution in [3.05, 3.63) is 71.9 Å². The molecule has 3 N–H and O–H groups in total. The molecule has 1 amide bonds. The normalized spacial score (nSPS) is 9.70. The molecular weight excluding hydrogens is 378 g/mol. The molecule has 3 aromatic rings. The largest absolute Gasteiger partial charge is 0.465 e. The number of aromatic nitrogens is 2. The van der Waals surface area contributed by atoms with Gasteiger partial charge in [0, 0.05) is 30.4 Å². The van der Waals surface area contributed by atoms with Gasteiger partial charge in [-0.25, -0.2) is 14.8 Å². The number of benzene rings is 2. The molecule has 0 bridgehead atoms. The Morgan fingerprint density at radius 3 is 2.57 bits per heavy atom. The number of amides is 1. The Bertz CT molecular complexity index is 1110. The van der Waals surface area contributed by atoms with Crippen LogP contribution in [0.2, 0.25) is 0 Å². The highest BCUT2D eigenvalue weighted by Gasteiger charge is 2.08. The molecule has 1 heterocycles. The van der Waals surface area contributed by atoms with E-state index in [1.165, 1.54) is 0 Å². The molecule has 1 aromatic heterocycles. The Morgan fingerprint density at radius 2 is 1.87 bits per heavy atom. The first-order valence-electron chi connectivity index (χ1n) is 9.31. The van der Waals surface area contributed by atoms with E-state index >= 15 is 0 Å². The molecule has 0 radical (unpaired) electrons. The summed E-state index contributed by atoms with van der Waals surface area (Å²) in [6.07, 6.45) is 1.82. The van der Waals surface area contributed by atoms with Crippen LogP contribution in [-0.4, -0.2) is 27.7 Å². The Morgan fingerprint density at radius 1 is 1.10 bits per heavy atom. The average molecular weight is 397 g/mol. The van der Waals surface area contributed by atoms with Gasteiger partial charge in [-0.2, -0.15) is 5.26 Å². The number of nitrogens with zero attached hydrogens (tertiary/aromatic N) is 3. The first-order valence-corrected chi connectivity index (χ1v) is 9.31. The molecule has 7 heteroatoms. The van der Waals surface area contributed by atoms with E-state index in [0.717, 1.165) is 11.3 Å². The van der Waals surface area contributed by atoms with Gasteiger partial charge in [-0.05, 0) is 30.7 Å². The SMILES string of the molecule is N#Cc1ccc(Nc2ncc(C#CCCCNC(=O)O)c(-c3ccccc3)n2)cc1. The lowest BCUT2D eigenvalue weighted by atomic mass is 10.1. The number of hydrogen-bond donors (Lipinski definition) is 3. The molecule has 0 unspecified atom stereocenters. The van der Waals surface area contributed by atoms with Gasteiger partial charge in [-0.1, -0.05) is 42.2 Å². The van der Waals surface area contributed by atoms with Gasteiger partial charge < -0.3 is 15.7 Å². The predicted molar refractivity (Wildman–Crippen MR) is 114 cm³/mol. The van der Waals surface area contributed by atoms with E-state index < -0.39 is 6.09 Å². The predicted octanol–water partition coefficient (Wildman–Crippen LogP) is 4.16. The number of anilines is 2. The van der Waals surface area contributed by atoms with Gasteiger partial charge in [0.15, 0.2) is 0 Å². The molecule has 0 saturated heterocycles. The summed E-state index contributed by atoms with van der Waals surface area (Å²) < 4.78 is 0. The molecular formula is C23H19N5O2. The van der Waals surface area contributed by atoms with Crippen molar-refractivity contribution < 1.29 is 9.90 Å². The summed E-state index contributed by atoms with van der Waals surface area (Å²) in [5, 5.41) is 23.0. The summed E-state index contributed by atoms with van der Waals surface area (Å²) in [5.41, 5.74) is 3.67. The second-order valence-electron chi connectivity index (χ2n) is 6.27. The van der Waals surface area contributed by atoms with Gasteiger partial charge in [0.05, 0.1) is 22.9 Å². The van der Waals surface area contributed by atoms with Gasteiger partial charge in [0.1, 0.15) is 0 Å². The first kappa shape index (κ1) is 20.4. The van der Waals surface area contributed by atoms with Crippen molar-refractivity contribution in [2.75, 3.05) is 11.9 Å². The highest BCUT2D eigenvalue weighted by molar-refractivity contribution is 5.69. The van der Waals surface area contributed by atoms with Crippen molar-refractivity contribution in [3.8, 4) is 29.2 Å². The fourth-order valence-electron chi connectivity index (χ4n) is 2.64. The second-order valence-corrected chi connectivity index (χ2v) is 6.27. The summed E-state index contributed by atoms with van der Waals surface area (Å²) in [5.74, 6) is 6.57. The van der Waals surface area contributed by atoms with Crippen LogP contribution in [0.4, 0.5) is 16.4 Å². The van der Waals surface area contributed by atoms with Crippen LogP contribution in [0.15, 0.2) is 60.8 Å². The maximum Gasteiger partial charge on any atom is 0.404 e. The van der Waals surface area contributed by atoms with E-state index in [1.807, 2.05) is 30.3 Å². The molecule has 0 saturated carbocycles. The Labute approximate surface area is 174 Å². The zero-order chi connectivity index (χ0) is 21.2. The number of carbonyl (C=O) groups is 1. The van der Waals surface area contributed by atoms with E-state index in [2.05, 4.69) is 38.5 Å². The number of nitrogens with one attached hydrogen (secondary N) is 2. The van der Waals surface area contributed by atoms with Crippen molar-refractivity contribution >= 4 is 17.7 Å². The minimum atomic E-state index is -1.03. The molecule has 3 rings (SSSR count). The highest BCUT2D eigenvalue weighted by atomic mass is 16.4. The third kappa shape index (κ3) is 5.82. The smallest absolute Gasteiger partial charge is 0.404 e. The van der Waals surface area contributed by atoms with Crippen LogP contribution >= 0.6 is 0 Å². The van der Waals surface area contributed by atoms with Crippen molar-refractivity contribution in [3.63, 3.8) is 0 Å². The molecule has 0 aliphatic heterocycles. The standard InChI is InChI=1S/C23H19N5O2/c24-15-17-10-12-20(13-11-17)27-22-26-16-19(9-5-2-6-14-25-23(29)30)21(28-22)18-7-3-1-4-8-18/h1,3-4,7-8,10-13,16,25H,2,6,14H2,(H,29,30)(H,26,27,28). The van der Waals surface area contributed by atoms with Crippen LogP contribution in [0.25, 0.3) is 11.3 Å². The molecule has 0 aliphatic rings. The number of carboxylic acid groups (broad SMARTS) is 1. The van der Waals surface area contributed by atoms with Crippen molar-refractivity contribution in [2.45, 2.75) is 12.8 Å². The van der Waals surface area contributed by atoms with Crippen LogP contribution in [0.1, 0.15) is 24.0 Å². The Kier molecular flexibility index (Phi) is 6.97. The zero-order valence-corrected chi connectivity index (χ0v) is 16.1. The van der Waals surface area contributed by atoms with Gasteiger partial charge >= 0.3 is 6.09 Å². The van der Waals surface area contributed by atoms with E-state index in [1.54, 1.807) is 30.5 Å². The summed E-state index contributed by atoms with van der Waals surface area (Å²) in [7, 11) is 0. The minimum Gasteiger partial charge on any atom is -0.465 e. The Balaban J connectivity index is 1.81. The summed E-state index contributed by atoms with van der Waals surface area (Å²) in [4.78, 5) is 19.5. The van der Waals surface area contributed by atoms with Crippen LogP contribution in [0, 0.1) is 23.2 Å². The van der Waals surface area contributed by atoms with Crippen molar-refractivity contribution in [2.24, 2.45) is 0 Å². The molecule has 148 valence electrons. The molecule has 0 spiro atoms. The minimum absolute atomic E-state index is 0.361. The first-order chi connectivity index (χ1) is 14.7. The summed E-state index contributed by atoms with van der Waals surface area (Å²) in [6.45, 7) is 0.361. The maximum atomic E-state index is 10.5. The molecule has 0 fully saturated rings. The topological polar surface area (TPSA) is 111 Å². The van der Waals surface area contributed by atoms with Crippen LogP contribution in [0.3, 0.4) is 0 Å². The van der Waals surface area contributed by atoms with E-state index in [4.69, 9.17) is 10.4 Å². The van der Waals surface area contributed by atoms with E-state index in [-0.39, 0.29) is 0 Å². The zero-order valence-electron chi connectivity index (χ0n) is 16.1. The quantitative estimate of drug-likeness (QED) is 0.425. The molecule has 2 aromatic carbocycles. The number of unbranched alkanes of at least 4 members (excludes halogenated alkanes) is 1. The molecule has 0 atom stereocenters. The monoisotopic (exact) mass is 397 g/mol. The number of nitriles is 1. The van der Waals surface area contributed by atoms with Crippen molar-refractivity contribution in [1.29, 1.82) is 5.26 Å². The van der Waals surface area contributed by atoms with Crippen LogP contribution < -0.4 is 10.6 Å². The fourth-order valence-corrected chi connectivity index (χ4v) is 2.64. The number of hydrogen-bond acceptors (Lipinski definition) is 5. The third-order valence-corrected chi connectivity index (χ3v) is 4.08. The van der Waals surface area contributed by atoms with Gasteiger partial charge in [0.25, 0.3) is 0 Å². The lowest BCUT2D eigenvalue weighted by molar-refractivity contribution is 0.194. The lowest BCUT2D eigenvalue weighted by Crippen LogP contribution is -2.21. The van der Waals surface area contributed by atoms with Crippen LogP contribution in [0.5, 0.6) is 0 Å². The lowest BCUT2D eigenvalue weighted by Gasteiger charge is -2.09. The van der Waals surface area contributed by atoms with Crippen LogP contribution in [-0.2, 0) is 0 Å². The fraction of sp³-hybridized carbons (Fsp3) is 0.130. The van der Waals surface area contributed by atoms with Gasteiger partial charge in [-0.15, -0.1) is 0 Å². The second kappa shape index (κ2) is 10.3. The summed E-state index contributed by atoms with van der Waals surface area (Å²) in [6, 6.07) is 18.8. The van der Waals surface area contributed by atoms with E-state index in [9.17, 15) is 4.79 Å². The Hall–Kier alpha value is -4.36. The molecule has 0 aliphatic carbocycles. The van der Waals surface area contributed by atoms with Crippen molar-refractivity contribution in [1.82, 2.24) is 15.3 Å². The van der Waals surface area contributed by atoms with E-state index in [0.29, 0.717) is 42.2 Å². The van der Waals surface area contributed by atoms with Gasteiger partial charge in [0.2, 0.25) is 5.95 Å². The average Bonchev–Trinajstić information content (AvgIpc) is 2.78. The maximum absolute atomic E-state index is 10.5. The third-order valence-electron chi connectivity index (χ3n) is 4.08.